The number of hydrogen-bond donors (Lipinski definition) is 2. The van der Waals surface area contributed by atoms with Crippen LogP contribution in [0.15, 0.2) is 36.4 Å². The minimum absolute atomic E-state index is 0.312. The molecule has 0 aromatic heterocycles. The van der Waals surface area contributed by atoms with Gasteiger partial charge in [0.15, 0.2) is 0 Å². The van der Waals surface area contributed by atoms with Crippen LogP contribution in [0.25, 0.3) is 0 Å². The third kappa shape index (κ3) is 9.43. The van der Waals surface area contributed by atoms with Crippen molar-refractivity contribution in [3.63, 3.8) is 0 Å². The first kappa shape index (κ1) is 27.3. The molecule has 0 aliphatic heterocycles. The van der Waals surface area contributed by atoms with E-state index in [2.05, 4.69) is 45.0 Å². The van der Waals surface area contributed by atoms with Gasteiger partial charge in [0.05, 0.1) is 0 Å². The molecule has 0 atom stereocenters. The molecule has 2 aromatic carbocycles. The topological polar surface area (TPSA) is 40.5 Å². The van der Waals surface area contributed by atoms with E-state index in [9.17, 15) is 10.2 Å². The molecule has 2 rings (SSSR count). The Bertz CT molecular complexity index is 738. The summed E-state index contributed by atoms with van der Waals surface area (Å²) in [4.78, 5) is 0. The minimum Gasteiger partial charge on any atom is -0.508 e. The van der Waals surface area contributed by atoms with E-state index in [0.29, 0.717) is 17.4 Å². The summed E-state index contributed by atoms with van der Waals surface area (Å²) in [6.07, 6.45) is 18.0. The van der Waals surface area contributed by atoms with Gasteiger partial charge in [0.2, 0.25) is 0 Å². The molecule has 0 radical (unpaired) electrons. The maximum Gasteiger partial charge on any atom is 0.118 e. The molecule has 0 saturated carbocycles. The van der Waals surface area contributed by atoms with Crippen LogP contribution in [0.3, 0.4) is 0 Å². The molecule has 0 fully saturated rings. The van der Waals surface area contributed by atoms with E-state index in [4.69, 9.17) is 0 Å². The monoisotopic (exact) mass is 452 g/mol. The van der Waals surface area contributed by atoms with Crippen LogP contribution in [0.2, 0.25) is 0 Å². The predicted octanol–water partition coefficient (Wildman–Crippen LogP) is 9.45. The van der Waals surface area contributed by atoms with Gasteiger partial charge in [0.1, 0.15) is 11.5 Å². The zero-order valence-corrected chi connectivity index (χ0v) is 21.5. The first-order chi connectivity index (χ1) is 16.1. The van der Waals surface area contributed by atoms with Crippen molar-refractivity contribution in [1.29, 1.82) is 0 Å². The first-order valence-electron chi connectivity index (χ1n) is 13.7. The van der Waals surface area contributed by atoms with Crippen molar-refractivity contribution in [3.05, 3.63) is 58.7 Å². The Labute approximate surface area is 203 Å². The van der Waals surface area contributed by atoms with Gasteiger partial charge in [-0.05, 0) is 66.5 Å². The third-order valence-electron chi connectivity index (χ3n) is 6.96. The maximum atomic E-state index is 10.4. The van der Waals surface area contributed by atoms with Gasteiger partial charge in [0, 0.05) is 5.92 Å². The van der Waals surface area contributed by atoms with Crippen molar-refractivity contribution in [2.24, 2.45) is 0 Å². The number of phenols is 2. The Hall–Kier alpha value is -1.96. The Balaban J connectivity index is 2.17. The van der Waals surface area contributed by atoms with Crippen molar-refractivity contribution in [2.75, 3.05) is 0 Å². The van der Waals surface area contributed by atoms with Crippen LogP contribution in [0.1, 0.15) is 132 Å². The molecule has 2 N–H and O–H groups in total. The highest BCUT2D eigenvalue weighted by Gasteiger charge is 2.17. The van der Waals surface area contributed by atoms with Crippen molar-refractivity contribution >= 4 is 0 Å². The Morgan fingerprint density at radius 2 is 0.970 bits per heavy atom. The van der Waals surface area contributed by atoms with Crippen LogP contribution in [0.5, 0.6) is 11.5 Å². The van der Waals surface area contributed by atoms with Gasteiger partial charge in [0.25, 0.3) is 0 Å². The molecular weight excluding hydrogens is 404 g/mol. The number of aromatic hydroxyl groups is 2. The van der Waals surface area contributed by atoms with E-state index in [0.717, 1.165) is 56.1 Å². The van der Waals surface area contributed by atoms with Crippen LogP contribution in [-0.2, 0) is 12.8 Å². The van der Waals surface area contributed by atoms with Crippen LogP contribution in [0.4, 0.5) is 0 Å². The molecule has 2 heteroatoms. The van der Waals surface area contributed by atoms with Crippen LogP contribution in [0, 0.1) is 0 Å². The second-order valence-electron chi connectivity index (χ2n) is 9.80. The van der Waals surface area contributed by atoms with Gasteiger partial charge < -0.3 is 10.2 Å². The van der Waals surface area contributed by atoms with Gasteiger partial charge in [-0.2, -0.15) is 0 Å². The summed E-state index contributed by atoms with van der Waals surface area (Å²) >= 11 is 0. The molecule has 0 bridgehead atoms. The largest absolute Gasteiger partial charge is 0.508 e. The smallest absolute Gasteiger partial charge is 0.118 e. The zero-order valence-electron chi connectivity index (χ0n) is 21.5. The Morgan fingerprint density at radius 1 is 0.545 bits per heavy atom. The molecule has 0 heterocycles. The Morgan fingerprint density at radius 3 is 1.42 bits per heavy atom. The SMILES string of the molecule is CCCCCCCCCCC(c1ccc(O)c(CCCC)c1)c1ccc(O)c(CCCC)c1. The van der Waals surface area contributed by atoms with Crippen molar-refractivity contribution in [3.8, 4) is 11.5 Å². The first-order valence-corrected chi connectivity index (χ1v) is 13.7. The molecular formula is C31H48O2. The standard InChI is InChI=1S/C31H48O2/c1-4-7-10-11-12-13-14-15-18-29(25-19-21-30(32)27(23-25)16-8-5-2)26-20-22-31(33)28(24-26)17-9-6-3/h19-24,29,32-33H,4-18H2,1-3H3. The summed E-state index contributed by atoms with van der Waals surface area (Å²) in [5.74, 6) is 1.16. The number of aryl methyl sites for hydroxylation is 2. The fourth-order valence-corrected chi connectivity index (χ4v) is 4.79. The summed E-state index contributed by atoms with van der Waals surface area (Å²) in [6.45, 7) is 6.66. The van der Waals surface area contributed by atoms with E-state index >= 15 is 0 Å². The van der Waals surface area contributed by atoms with Crippen LogP contribution >= 0.6 is 0 Å². The third-order valence-corrected chi connectivity index (χ3v) is 6.96. The summed E-state index contributed by atoms with van der Waals surface area (Å²) in [5.41, 5.74) is 4.74. The van der Waals surface area contributed by atoms with E-state index in [-0.39, 0.29) is 0 Å². The van der Waals surface area contributed by atoms with Crippen molar-refractivity contribution < 1.29 is 10.2 Å². The number of unbranched alkanes of at least 4 members (excludes halogenated alkanes) is 9. The average Bonchev–Trinajstić information content (AvgIpc) is 2.82. The average molecular weight is 453 g/mol. The predicted molar refractivity (Wildman–Crippen MR) is 143 cm³/mol. The molecule has 33 heavy (non-hydrogen) atoms. The normalized spacial score (nSPS) is 11.4. The Kier molecular flexibility index (Phi) is 13.1. The lowest BCUT2D eigenvalue weighted by Gasteiger charge is -2.21. The molecule has 2 nitrogen and oxygen atoms in total. The van der Waals surface area contributed by atoms with E-state index < -0.39 is 0 Å². The summed E-state index contributed by atoms with van der Waals surface area (Å²) < 4.78 is 0. The maximum absolute atomic E-state index is 10.4. The minimum atomic E-state index is 0.312. The van der Waals surface area contributed by atoms with Crippen molar-refractivity contribution in [2.45, 2.75) is 123 Å². The van der Waals surface area contributed by atoms with E-state index in [1.807, 2.05) is 12.1 Å². The fourth-order valence-electron chi connectivity index (χ4n) is 4.79. The molecule has 0 unspecified atom stereocenters. The highest BCUT2D eigenvalue weighted by Crippen LogP contribution is 2.35. The fraction of sp³-hybridized carbons (Fsp3) is 0.613. The lowest BCUT2D eigenvalue weighted by molar-refractivity contribution is 0.466. The number of benzene rings is 2. The van der Waals surface area contributed by atoms with Gasteiger partial charge >= 0.3 is 0 Å². The van der Waals surface area contributed by atoms with Gasteiger partial charge in [-0.1, -0.05) is 109 Å². The second-order valence-corrected chi connectivity index (χ2v) is 9.80. The van der Waals surface area contributed by atoms with Crippen molar-refractivity contribution in [1.82, 2.24) is 0 Å². The lowest BCUT2D eigenvalue weighted by atomic mass is 9.84. The number of hydrogen-bond acceptors (Lipinski definition) is 2. The highest BCUT2D eigenvalue weighted by atomic mass is 16.3. The van der Waals surface area contributed by atoms with Gasteiger partial charge in [-0.15, -0.1) is 0 Å². The highest BCUT2D eigenvalue weighted by molar-refractivity contribution is 5.44. The summed E-state index contributed by atoms with van der Waals surface area (Å²) in [7, 11) is 0. The summed E-state index contributed by atoms with van der Waals surface area (Å²) in [6, 6.07) is 12.5. The zero-order chi connectivity index (χ0) is 23.9. The quantitative estimate of drug-likeness (QED) is 0.235. The molecule has 184 valence electrons. The summed E-state index contributed by atoms with van der Waals surface area (Å²) in [5, 5.41) is 20.8. The second kappa shape index (κ2) is 15.8. The van der Waals surface area contributed by atoms with Crippen LogP contribution < -0.4 is 0 Å². The van der Waals surface area contributed by atoms with E-state index in [1.165, 1.54) is 62.5 Å². The van der Waals surface area contributed by atoms with Gasteiger partial charge in [-0.3, -0.25) is 0 Å². The molecule has 0 saturated heterocycles. The van der Waals surface area contributed by atoms with Crippen LogP contribution in [-0.4, -0.2) is 10.2 Å². The molecule has 0 spiro atoms. The molecule has 0 amide bonds. The van der Waals surface area contributed by atoms with E-state index in [1.54, 1.807) is 0 Å². The molecule has 0 aliphatic rings. The number of rotatable bonds is 17. The van der Waals surface area contributed by atoms with Gasteiger partial charge in [-0.25, -0.2) is 0 Å². The number of phenolic OH excluding ortho intramolecular Hbond substituents is 2. The molecule has 0 aliphatic carbocycles. The molecule has 2 aromatic rings. The lowest BCUT2D eigenvalue weighted by Crippen LogP contribution is -2.04.